The molecule has 0 atom stereocenters. The van der Waals surface area contributed by atoms with Crippen LogP contribution in [0.4, 0.5) is 5.69 Å². The molecule has 0 aliphatic carbocycles. The summed E-state index contributed by atoms with van der Waals surface area (Å²) in [5.41, 5.74) is 3.29. The van der Waals surface area contributed by atoms with E-state index in [0.29, 0.717) is 17.9 Å². The molecule has 2 aromatic heterocycles. The maximum atomic E-state index is 12.6. The molecule has 0 spiro atoms. The van der Waals surface area contributed by atoms with Crippen LogP contribution in [0.3, 0.4) is 0 Å². The van der Waals surface area contributed by atoms with Crippen molar-refractivity contribution in [1.29, 1.82) is 0 Å². The zero-order valence-electron chi connectivity index (χ0n) is 17.2. The van der Waals surface area contributed by atoms with Crippen LogP contribution in [0, 0.1) is 0 Å². The Balaban J connectivity index is 1.35. The highest BCUT2D eigenvalue weighted by molar-refractivity contribution is 7.98. The molecule has 0 radical (unpaired) electrons. The summed E-state index contributed by atoms with van der Waals surface area (Å²) in [4.78, 5) is 28.4. The fraction of sp³-hybridized carbons (Fsp3) is 0.136. The molecular formula is C22H20N6O3S. The molecule has 0 aliphatic rings. The van der Waals surface area contributed by atoms with Crippen LogP contribution >= 0.6 is 11.8 Å². The first-order valence-corrected chi connectivity index (χ1v) is 10.8. The predicted octanol–water partition coefficient (Wildman–Crippen LogP) is 3.71. The molecule has 0 saturated heterocycles. The van der Waals surface area contributed by atoms with Crippen molar-refractivity contribution in [1.82, 2.24) is 25.0 Å². The number of H-pyrrole nitrogens is 1. The number of carbonyl (C=O) groups is 2. The third kappa shape index (κ3) is 5.22. The van der Waals surface area contributed by atoms with Crippen LogP contribution in [-0.2, 0) is 10.5 Å². The minimum atomic E-state index is -0.460. The van der Waals surface area contributed by atoms with E-state index in [1.165, 1.54) is 18.1 Å². The number of hydrogen-bond acceptors (Lipinski definition) is 7. The van der Waals surface area contributed by atoms with E-state index in [-0.39, 0.29) is 11.6 Å². The van der Waals surface area contributed by atoms with Crippen LogP contribution < -0.4 is 5.32 Å². The summed E-state index contributed by atoms with van der Waals surface area (Å²) in [6.45, 7) is 2.04. The van der Waals surface area contributed by atoms with E-state index in [0.717, 1.165) is 22.2 Å². The Morgan fingerprint density at radius 1 is 1.09 bits per heavy atom. The maximum absolute atomic E-state index is 12.6. The van der Waals surface area contributed by atoms with Crippen molar-refractivity contribution in [3.8, 4) is 5.69 Å². The molecule has 0 aliphatic heterocycles. The third-order valence-corrected chi connectivity index (χ3v) is 5.40. The number of ether oxygens (including phenoxy) is 1. The van der Waals surface area contributed by atoms with Gasteiger partial charge in [0.15, 0.2) is 10.9 Å². The minimum absolute atomic E-state index is 0.198. The number of benzene rings is 2. The van der Waals surface area contributed by atoms with Gasteiger partial charge in [-0.05, 0) is 55.0 Å². The molecule has 32 heavy (non-hydrogen) atoms. The summed E-state index contributed by atoms with van der Waals surface area (Å²) >= 11 is 1.54. The van der Waals surface area contributed by atoms with Crippen LogP contribution in [0.2, 0.25) is 0 Å². The van der Waals surface area contributed by atoms with E-state index in [1.807, 2.05) is 12.1 Å². The van der Waals surface area contributed by atoms with Gasteiger partial charge in [-0.15, -0.1) is 0 Å². The smallest absolute Gasteiger partial charge is 0.358 e. The van der Waals surface area contributed by atoms with Crippen LogP contribution in [-0.4, -0.2) is 43.4 Å². The molecule has 162 valence electrons. The fourth-order valence-corrected chi connectivity index (χ4v) is 3.59. The van der Waals surface area contributed by atoms with Crippen molar-refractivity contribution in [3.63, 3.8) is 0 Å². The lowest BCUT2D eigenvalue weighted by Crippen LogP contribution is -2.12. The van der Waals surface area contributed by atoms with Gasteiger partial charge >= 0.3 is 5.97 Å². The van der Waals surface area contributed by atoms with Gasteiger partial charge in [-0.2, -0.15) is 10.2 Å². The number of amides is 1. The Hall–Kier alpha value is -3.92. The van der Waals surface area contributed by atoms with E-state index < -0.39 is 5.97 Å². The van der Waals surface area contributed by atoms with Gasteiger partial charge in [-0.1, -0.05) is 23.9 Å². The van der Waals surface area contributed by atoms with E-state index >= 15 is 0 Å². The van der Waals surface area contributed by atoms with E-state index in [4.69, 9.17) is 4.74 Å². The maximum Gasteiger partial charge on any atom is 0.358 e. The second-order valence-corrected chi connectivity index (χ2v) is 7.61. The van der Waals surface area contributed by atoms with Crippen molar-refractivity contribution in [2.45, 2.75) is 17.8 Å². The number of anilines is 1. The Morgan fingerprint density at radius 2 is 1.88 bits per heavy atom. The molecule has 10 heteroatoms. The Labute approximate surface area is 188 Å². The first kappa shape index (κ1) is 21.3. The monoisotopic (exact) mass is 448 g/mol. The van der Waals surface area contributed by atoms with Crippen LogP contribution in [0.15, 0.2) is 72.3 Å². The SMILES string of the molecule is CCOC(=O)c1ccn(-c2ccc(NC(=O)c3ccc(CSc4ncn[nH]4)cc3)cc2)n1. The third-order valence-electron chi connectivity index (χ3n) is 4.45. The Kier molecular flexibility index (Phi) is 6.61. The van der Waals surface area contributed by atoms with Gasteiger partial charge in [0.2, 0.25) is 0 Å². The lowest BCUT2D eigenvalue weighted by Gasteiger charge is -2.08. The highest BCUT2D eigenvalue weighted by Gasteiger charge is 2.11. The van der Waals surface area contributed by atoms with Crippen molar-refractivity contribution < 1.29 is 14.3 Å². The molecule has 4 rings (SSSR count). The number of hydrogen-bond donors (Lipinski definition) is 2. The molecule has 9 nitrogen and oxygen atoms in total. The lowest BCUT2D eigenvalue weighted by molar-refractivity contribution is 0.0519. The molecule has 0 saturated carbocycles. The number of aromatic amines is 1. The topological polar surface area (TPSA) is 115 Å². The molecule has 0 fully saturated rings. The normalized spacial score (nSPS) is 10.7. The van der Waals surface area contributed by atoms with Crippen LogP contribution in [0.5, 0.6) is 0 Å². The number of aromatic nitrogens is 5. The molecular weight excluding hydrogens is 428 g/mol. The largest absolute Gasteiger partial charge is 0.461 e. The van der Waals surface area contributed by atoms with E-state index in [2.05, 4.69) is 25.6 Å². The second-order valence-electron chi connectivity index (χ2n) is 6.64. The number of esters is 1. The summed E-state index contributed by atoms with van der Waals surface area (Å²) in [5.74, 6) is 0.0673. The summed E-state index contributed by atoms with van der Waals surface area (Å²) in [7, 11) is 0. The number of nitrogens with zero attached hydrogens (tertiary/aromatic N) is 4. The van der Waals surface area contributed by atoms with Gasteiger partial charge in [0.1, 0.15) is 6.33 Å². The van der Waals surface area contributed by atoms with Gasteiger partial charge in [0.05, 0.1) is 12.3 Å². The van der Waals surface area contributed by atoms with Crippen molar-refractivity contribution in [2.24, 2.45) is 0 Å². The summed E-state index contributed by atoms with van der Waals surface area (Å²) in [6.07, 6.45) is 3.15. The van der Waals surface area contributed by atoms with Gasteiger partial charge < -0.3 is 10.1 Å². The van der Waals surface area contributed by atoms with Crippen LogP contribution in [0.25, 0.3) is 5.69 Å². The molecule has 1 amide bonds. The second kappa shape index (κ2) is 9.92. The zero-order chi connectivity index (χ0) is 22.3. The predicted molar refractivity (Wildman–Crippen MR) is 120 cm³/mol. The Bertz CT molecular complexity index is 1190. The molecule has 0 bridgehead atoms. The first-order valence-electron chi connectivity index (χ1n) is 9.84. The van der Waals surface area contributed by atoms with Gasteiger partial charge in [0.25, 0.3) is 5.91 Å². The molecule has 2 heterocycles. The first-order chi connectivity index (χ1) is 15.6. The zero-order valence-corrected chi connectivity index (χ0v) is 18.0. The summed E-state index contributed by atoms with van der Waals surface area (Å²) in [5, 5.41) is 14.5. The Morgan fingerprint density at radius 3 is 2.56 bits per heavy atom. The molecule has 0 unspecified atom stereocenters. The van der Waals surface area contributed by atoms with Crippen molar-refractivity contribution >= 4 is 29.3 Å². The lowest BCUT2D eigenvalue weighted by atomic mass is 10.1. The highest BCUT2D eigenvalue weighted by atomic mass is 32.2. The number of carbonyl (C=O) groups excluding carboxylic acids is 2. The van der Waals surface area contributed by atoms with Crippen molar-refractivity contribution in [3.05, 3.63) is 83.9 Å². The fourth-order valence-electron chi connectivity index (χ4n) is 2.85. The van der Waals surface area contributed by atoms with E-state index in [1.54, 1.807) is 60.3 Å². The number of nitrogens with one attached hydrogen (secondary N) is 2. The van der Waals surface area contributed by atoms with Crippen LogP contribution in [0.1, 0.15) is 33.3 Å². The summed E-state index contributed by atoms with van der Waals surface area (Å²) in [6, 6.07) is 16.2. The average Bonchev–Trinajstić information content (AvgIpc) is 3.51. The summed E-state index contributed by atoms with van der Waals surface area (Å²) < 4.78 is 6.53. The number of thioether (sulfide) groups is 1. The standard InChI is InChI=1S/C22H20N6O3S/c1-2-31-21(30)19-11-12-28(27-19)18-9-7-17(8-10-18)25-20(29)16-5-3-15(4-6-16)13-32-22-23-14-24-26-22/h3-12,14H,2,13H2,1H3,(H,25,29)(H,23,24,26). The van der Waals surface area contributed by atoms with Crippen molar-refractivity contribution in [2.75, 3.05) is 11.9 Å². The molecule has 2 N–H and O–H groups in total. The van der Waals surface area contributed by atoms with Gasteiger partial charge in [-0.3, -0.25) is 9.89 Å². The average molecular weight is 449 g/mol. The van der Waals surface area contributed by atoms with Gasteiger partial charge in [-0.25, -0.2) is 14.5 Å². The quantitative estimate of drug-likeness (QED) is 0.312. The van der Waals surface area contributed by atoms with E-state index in [9.17, 15) is 9.59 Å². The van der Waals surface area contributed by atoms with Gasteiger partial charge in [0, 0.05) is 23.2 Å². The molecule has 4 aromatic rings. The molecule has 2 aromatic carbocycles. The minimum Gasteiger partial charge on any atom is -0.461 e. The highest BCUT2D eigenvalue weighted by Crippen LogP contribution is 2.19. The number of rotatable bonds is 8.